The Morgan fingerprint density at radius 1 is 1.04 bits per heavy atom. The lowest BCUT2D eigenvalue weighted by Gasteiger charge is -2.16. The van der Waals surface area contributed by atoms with E-state index in [0.717, 1.165) is 16.3 Å². The second kappa shape index (κ2) is 7.37. The topological polar surface area (TPSA) is 38.3 Å². The summed E-state index contributed by atoms with van der Waals surface area (Å²) in [5.41, 5.74) is 1.08. The fourth-order valence-corrected chi connectivity index (χ4v) is 2.74. The van der Waals surface area contributed by atoms with Crippen molar-refractivity contribution in [3.05, 3.63) is 77.3 Å². The Bertz CT molecular complexity index is 858. The van der Waals surface area contributed by atoms with Crippen molar-refractivity contribution in [3.8, 4) is 5.75 Å². The highest BCUT2D eigenvalue weighted by Gasteiger charge is 2.15. The summed E-state index contributed by atoms with van der Waals surface area (Å²) in [6.07, 6.45) is -0.625. The monoisotopic (exact) mass is 339 g/mol. The van der Waals surface area contributed by atoms with Crippen LogP contribution in [0, 0.1) is 0 Å². The Hall–Kier alpha value is -2.52. The first-order valence-corrected chi connectivity index (χ1v) is 8.18. The maximum absolute atomic E-state index is 12.3. The van der Waals surface area contributed by atoms with Gasteiger partial charge in [-0.3, -0.25) is 4.79 Å². The van der Waals surface area contributed by atoms with E-state index in [4.69, 9.17) is 16.3 Å². The largest absolute Gasteiger partial charge is 0.479 e. The SMILES string of the molecule is CC(Oc1ccccc1Cl)C(=O)NCc1cccc2ccccc12. The van der Waals surface area contributed by atoms with E-state index < -0.39 is 6.10 Å². The van der Waals surface area contributed by atoms with Crippen molar-refractivity contribution in [2.75, 3.05) is 0 Å². The van der Waals surface area contributed by atoms with E-state index in [2.05, 4.69) is 23.5 Å². The number of ether oxygens (including phenoxy) is 1. The summed E-state index contributed by atoms with van der Waals surface area (Å²) in [5.74, 6) is 0.329. The number of halogens is 1. The number of nitrogens with one attached hydrogen (secondary N) is 1. The third-order valence-electron chi connectivity index (χ3n) is 3.84. The number of fused-ring (bicyclic) bond motifs is 1. The number of rotatable bonds is 5. The van der Waals surface area contributed by atoms with E-state index in [9.17, 15) is 4.79 Å². The van der Waals surface area contributed by atoms with E-state index in [1.807, 2.05) is 36.4 Å². The molecule has 3 aromatic rings. The second-order valence-corrected chi connectivity index (χ2v) is 5.95. The number of benzene rings is 3. The Balaban J connectivity index is 1.65. The molecule has 1 amide bonds. The van der Waals surface area contributed by atoms with Crippen molar-refractivity contribution < 1.29 is 9.53 Å². The molecule has 1 N–H and O–H groups in total. The smallest absolute Gasteiger partial charge is 0.261 e. The van der Waals surface area contributed by atoms with Crippen LogP contribution in [0.4, 0.5) is 0 Å². The number of hydrogen-bond donors (Lipinski definition) is 1. The molecule has 0 heterocycles. The summed E-state index contributed by atoms with van der Waals surface area (Å²) < 4.78 is 5.64. The van der Waals surface area contributed by atoms with Gasteiger partial charge in [0.05, 0.1) is 5.02 Å². The molecule has 4 heteroatoms. The fourth-order valence-electron chi connectivity index (χ4n) is 2.56. The molecular formula is C20H18ClNO2. The fraction of sp³-hybridized carbons (Fsp3) is 0.150. The number of amides is 1. The molecule has 3 aromatic carbocycles. The van der Waals surface area contributed by atoms with Crippen molar-refractivity contribution in [1.82, 2.24) is 5.32 Å². The van der Waals surface area contributed by atoms with E-state index >= 15 is 0 Å². The average Bonchev–Trinajstić information content (AvgIpc) is 2.61. The number of hydrogen-bond acceptors (Lipinski definition) is 2. The minimum absolute atomic E-state index is 0.178. The molecule has 1 atom stereocenters. The molecule has 24 heavy (non-hydrogen) atoms. The van der Waals surface area contributed by atoms with Crippen LogP contribution in [0.3, 0.4) is 0 Å². The molecule has 0 aliphatic carbocycles. The highest BCUT2D eigenvalue weighted by molar-refractivity contribution is 6.32. The predicted molar refractivity (Wildman–Crippen MR) is 97.3 cm³/mol. The Morgan fingerprint density at radius 2 is 1.75 bits per heavy atom. The van der Waals surface area contributed by atoms with Crippen molar-refractivity contribution in [1.29, 1.82) is 0 Å². The van der Waals surface area contributed by atoms with Crippen molar-refractivity contribution >= 4 is 28.3 Å². The van der Waals surface area contributed by atoms with Gasteiger partial charge in [-0.1, -0.05) is 66.2 Å². The van der Waals surface area contributed by atoms with E-state index in [1.54, 1.807) is 19.1 Å². The molecule has 0 spiro atoms. The zero-order chi connectivity index (χ0) is 16.9. The van der Waals surface area contributed by atoms with Gasteiger partial charge in [0.1, 0.15) is 5.75 Å². The molecule has 0 aliphatic heterocycles. The molecule has 122 valence electrons. The Kier molecular flexibility index (Phi) is 5.02. The minimum Gasteiger partial charge on any atom is -0.479 e. The van der Waals surface area contributed by atoms with Crippen LogP contribution in [-0.2, 0) is 11.3 Å². The van der Waals surface area contributed by atoms with Crippen LogP contribution in [0.5, 0.6) is 5.75 Å². The lowest BCUT2D eigenvalue weighted by atomic mass is 10.0. The molecule has 0 radical (unpaired) electrons. The standard InChI is InChI=1S/C20H18ClNO2/c1-14(24-19-12-5-4-11-18(19)21)20(23)22-13-16-9-6-8-15-7-2-3-10-17(15)16/h2-12,14H,13H2,1H3,(H,22,23). The van der Waals surface area contributed by atoms with Crippen LogP contribution < -0.4 is 10.1 Å². The summed E-state index contributed by atoms with van der Waals surface area (Å²) in [4.78, 5) is 12.3. The van der Waals surface area contributed by atoms with Crippen LogP contribution in [0.2, 0.25) is 5.02 Å². The van der Waals surface area contributed by atoms with Gasteiger partial charge in [-0.25, -0.2) is 0 Å². The zero-order valence-corrected chi connectivity index (χ0v) is 14.1. The van der Waals surface area contributed by atoms with Crippen LogP contribution >= 0.6 is 11.6 Å². The lowest BCUT2D eigenvalue weighted by Crippen LogP contribution is -2.36. The summed E-state index contributed by atoms with van der Waals surface area (Å²) in [5, 5.41) is 5.71. The van der Waals surface area contributed by atoms with Gasteiger partial charge in [-0.05, 0) is 35.4 Å². The molecule has 0 aromatic heterocycles. The van der Waals surface area contributed by atoms with Gasteiger partial charge in [-0.2, -0.15) is 0 Å². The summed E-state index contributed by atoms with van der Waals surface area (Å²) in [6, 6.07) is 21.3. The second-order valence-electron chi connectivity index (χ2n) is 5.55. The zero-order valence-electron chi connectivity index (χ0n) is 13.3. The molecule has 3 rings (SSSR count). The van der Waals surface area contributed by atoms with Crippen LogP contribution in [0.25, 0.3) is 10.8 Å². The van der Waals surface area contributed by atoms with Gasteiger partial charge in [-0.15, -0.1) is 0 Å². The van der Waals surface area contributed by atoms with Crippen molar-refractivity contribution in [3.63, 3.8) is 0 Å². The number of para-hydroxylation sites is 1. The summed E-state index contributed by atoms with van der Waals surface area (Å²) in [7, 11) is 0. The number of carbonyl (C=O) groups is 1. The molecular weight excluding hydrogens is 322 g/mol. The van der Waals surface area contributed by atoms with Gasteiger partial charge in [0, 0.05) is 6.54 Å². The normalized spacial score (nSPS) is 11.9. The number of carbonyl (C=O) groups excluding carboxylic acids is 1. The first kappa shape index (κ1) is 16.3. The lowest BCUT2D eigenvalue weighted by molar-refractivity contribution is -0.127. The van der Waals surface area contributed by atoms with Crippen LogP contribution in [-0.4, -0.2) is 12.0 Å². The molecule has 1 unspecified atom stereocenters. The molecule has 0 fully saturated rings. The van der Waals surface area contributed by atoms with Crippen LogP contribution in [0.1, 0.15) is 12.5 Å². The molecule has 0 bridgehead atoms. The van der Waals surface area contributed by atoms with Gasteiger partial charge in [0.15, 0.2) is 6.10 Å². The summed E-state index contributed by atoms with van der Waals surface area (Å²) >= 11 is 6.05. The Labute approximate surface area is 146 Å². The summed E-state index contributed by atoms with van der Waals surface area (Å²) in [6.45, 7) is 2.16. The third kappa shape index (κ3) is 3.69. The minimum atomic E-state index is -0.625. The highest BCUT2D eigenvalue weighted by atomic mass is 35.5. The first-order valence-electron chi connectivity index (χ1n) is 7.80. The van der Waals surface area contributed by atoms with E-state index in [0.29, 0.717) is 17.3 Å². The van der Waals surface area contributed by atoms with Gasteiger partial charge in [0.25, 0.3) is 5.91 Å². The maximum atomic E-state index is 12.3. The maximum Gasteiger partial charge on any atom is 0.261 e. The average molecular weight is 340 g/mol. The van der Waals surface area contributed by atoms with Crippen LogP contribution in [0.15, 0.2) is 66.7 Å². The van der Waals surface area contributed by atoms with Gasteiger partial charge in [0.2, 0.25) is 0 Å². The molecule has 0 saturated carbocycles. The van der Waals surface area contributed by atoms with Crippen molar-refractivity contribution in [2.45, 2.75) is 19.6 Å². The molecule has 3 nitrogen and oxygen atoms in total. The van der Waals surface area contributed by atoms with E-state index in [1.165, 1.54) is 0 Å². The van der Waals surface area contributed by atoms with E-state index in [-0.39, 0.29) is 5.91 Å². The first-order chi connectivity index (χ1) is 11.6. The van der Waals surface area contributed by atoms with Gasteiger partial charge >= 0.3 is 0 Å². The third-order valence-corrected chi connectivity index (χ3v) is 4.15. The quantitative estimate of drug-likeness (QED) is 0.739. The predicted octanol–water partition coefficient (Wildman–Crippen LogP) is 4.58. The molecule has 0 aliphatic rings. The Morgan fingerprint density at radius 3 is 2.58 bits per heavy atom. The van der Waals surface area contributed by atoms with Gasteiger partial charge < -0.3 is 10.1 Å². The van der Waals surface area contributed by atoms with Crippen molar-refractivity contribution in [2.24, 2.45) is 0 Å². The molecule has 0 saturated heterocycles. The highest BCUT2D eigenvalue weighted by Crippen LogP contribution is 2.24.